The maximum atomic E-state index is 11.8. The van der Waals surface area contributed by atoms with E-state index in [-0.39, 0.29) is 5.91 Å². The lowest BCUT2D eigenvalue weighted by Gasteiger charge is -2.04. The molecule has 1 aromatic carbocycles. The zero-order valence-corrected chi connectivity index (χ0v) is 10.6. The molecule has 1 heterocycles. The highest BCUT2D eigenvalue weighted by Crippen LogP contribution is 2.15. The molecular formula is C13H11N3OS. The molecule has 4 nitrogen and oxygen atoms in total. The smallest absolute Gasteiger partial charge is 0.229 e. The fourth-order valence-corrected chi connectivity index (χ4v) is 2.29. The van der Waals surface area contributed by atoms with Gasteiger partial charge in [0.25, 0.3) is 0 Å². The number of rotatable bonds is 3. The number of aryl methyl sites for hydroxylation is 1. The minimum Gasteiger partial charge on any atom is -0.326 e. The second-order valence-electron chi connectivity index (χ2n) is 3.78. The van der Waals surface area contributed by atoms with E-state index in [0.717, 1.165) is 10.6 Å². The van der Waals surface area contributed by atoms with Crippen LogP contribution in [-0.4, -0.2) is 10.9 Å². The summed E-state index contributed by atoms with van der Waals surface area (Å²) in [4.78, 5) is 16.9. The van der Waals surface area contributed by atoms with Gasteiger partial charge < -0.3 is 5.32 Å². The van der Waals surface area contributed by atoms with Crippen molar-refractivity contribution in [1.82, 2.24) is 4.98 Å². The van der Waals surface area contributed by atoms with Gasteiger partial charge in [-0.25, -0.2) is 4.98 Å². The zero-order valence-electron chi connectivity index (χ0n) is 9.80. The second-order valence-corrected chi connectivity index (χ2v) is 4.72. The van der Waals surface area contributed by atoms with E-state index in [9.17, 15) is 4.79 Å². The molecule has 18 heavy (non-hydrogen) atoms. The van der Waals surface area contributed by atoms with Crippen LogP contribution in [0.1, 0.15) is 16.1 Å². The third-order valence-corrected chi connectivity index (χ3v) is 3.38. The number of nitrogens with zero attached hydrogens (tertiary/aromatic N) is 2. The maximum Gasteiger partial charge on any atom is 0.229 e. The number of hydrogen-bond acceptors (Lipinski definition) is 4. The van der Waals surface area contributed by atoms with E-state index in [2.05, 4.69) is 10.3 Å². The van der Waals surface area contributed by atoms with Gasteiger partial charge in [0.1, 0.15) is 0 Å². The third kappa shape index (κ3) is 2.93. The van der Waals surface area contributed by atoms with E-state index < -0.39 is 0 Å². The molecule has 0 atom stereocenters. The summed E-state index contributed by atoms with van der Waals surface area (Å²) in [6.45, 7) is 1.88. The molecule has 1 aromatic heterocycles. The average molecular weight is 257 g/mol. The van der Waals surface area contributed by atoms with Gasteiger partial charge in [-0.15, -0.1) is 11.3 Å². The number of anilines is 1. The SMILES string of the molecule is Cc1ncsc1CC(=O)Nc1cccc(C#N)c1. The normalized spacial score (nSPS) is 9.78. The van der Waals surface area contributed by atoms with Crippen molar-refractivity contribution in [2.75, 3.05) is 5.32 Å². The number of thiazole rings is 1. The Hall–Kier alpha value is -2.19. The van der Waals surface area contributed by atoms with Gasteiger partial charge in [-0.3, -0.25) is 4.79 Å². The lowest BCUT2D eigenvalue weighted by Crippen LogP contribution is -2.14. The van der Waals surface area contributed by atoms with Crippen LogP contribution in [0.25, 0.3) is 0 Å². The zero-order chi connectivity index (χ0) is 13.0. The van der Waals surface area contributed by atoms with Crippen LogP contribution >= 0.6 is 11.3 Å². The van der Waals surface area contributed by atoms with E-state index >= 15 is 0 Å². The van der Waals surface area contributed by atoms with Gasteiger partial charge in [0.15, 0.2) is 0 Å². The summed E-state index contributed by atoms with van der Waals surface area (Å²) in [5, 5.41) is 11.5. The molecule has 1 amide bonds. The Balaban J connectivity index is 2.03. The molecular weight excluding hydrogens is 246 g/mol. The van der Waals surface area contributed by atoms with Crippen molar-refractivity contribution in [1.29, 1.82) is 5.26 Å². The highest BCUT2D eigenvalue weighted by molar-refractivity contribution is 7.09. The highest BCUT2D eigenvalue weighted by atomic mass is 32.1. The Bertz CT molecular complexity index is 613. The minimum atomic E-state index is -0.0996. The van der Waals surface area contributed by atoms with Gasteiger partial charge in [-0.05, 0) is 25.1 Å². The van der Waals surface area contributed by atoms with Crippen molar-refractivity contribution in [3.8, 4) is 6.07 Å². The Kier molecular flexibility index (Phi) is 3.70. The summed E-state index contributed by atoms with van der Waals surface area (Å²) >= 11 is 1.47. The highest BCUT2D eigenvalue weighted by Gasteiger charge is 2.08. The van der Waals surface area contributed by atoms with Crippen LogP contribution in [-0.2, 0) is 11.2 Å². The van der Waals surface area contributed by atoms with E-state index in [1.807, 2.05) is 13.0 Å². The van der Waals surface area contributed by atoms with Crippen LogP contribution in [0.5, 0.6) is 0 Å². The number of amides is 1. The van der Waals surface area contributed by atoms with E-state index in [4.69, 9.17) is 5.26 Å². The summed E-state index contributed by atoms with van der Waals surface area (Å²) in [5.41, 5.74) is 3.79. The molecule has 0 bridgehead atoms. The second kappa shape index (κ2) is 5.43. The standard InChI is InChI=1S/C13H11N3OS/c1-9-12(18-8-15-9)6-13(17)16-11-4-2-3-10(5-11)7-14/h2-5,8H,6H2,1H3,(H,16,17). The number of carbonyl (C=O) groups is 1. The van der Waals surface area contributed by atoms with Gasteiger partial charge in [0.05, 0.1) is 29.3 Å². The lowest BCUT2D eigenvalue weighted by atomic mass is 10.2. The van der Waals surface area contributed by atoms with E-state index in [1.54, 1.807) is 29.8 Å². The van der Waals surface area contributed by atoms with Crippen molar-refractivity contribution >= 4 is 22.9 Å². The minimum absolute atomic E-state index is 0.0996. The van der Waals surface area contributed by atoms with Crippen LogP contribution in [0.15, 0.2) is 29.8 Å². The number of hydrogen-bond donors (Lipinski definition) is 1. The first kappa shape index (κ1) is 12.3. The predicted octanol–water partition coefficient (Wildman–Crippen LogP) is 2.50. The molecule has 90 valence electrons. The number of carbonyl (C=O) groups excluding carboxylic acids is 1. The van der Waals surface area contributed by atoms with E-state index in [1.165, 1.54) is 11.3 Å². The molecule has 1 N–H and O–H groups in total. The molecule has 0 radical (unpaired) electrons. The molecule has 0 unspecified atom stereocenters. The third-order valence-electron chi connectivity index (χ3n) is 2.44. The monoisotopic (exact) mass is 257 g/mol. The van der Waals surface area contributed by atoms with Crippen molar-refractivity contribution in [2.45, 2.75) is 13.3 Å². The summed E-state index contributed by atoms with van der Waals surface area (Å²) < 4.78 is 0. The molecule has 0 aliphatic carbocycles. The molecule has 0 saturated carbocycles. The maximum absolute atomic E-state index is 11.8. The van der Waals surface area contributed by atoms with Gasteiger partial charge >= 0.3 is 0 Å². The van der Waals surface area contributed by atoms with Crippen molar-refractivity contribution in [3.63, 3.8) is 0 Å². The van der Waals surface area contributed by atoms with Gasteiger partial charge in [-0.2, -0.15) is 5.26 Å². The van der Waals surface area contributed by atoms with Crippen molar-refractivity contribution in [2.24, 2.45) is 0 Å². The fraction of sp³-hybridized carbons (Fsp3) is 0.154. The van der Waals surface area contributed by atoms with Gasteiger partial charge in [0, 0.05) is 10.6 Å². The quantitative estimate of drug-likeness (QED) is 0.918. The predicted molar refractivity (Wildman–Crippen MR) is 70.3 cm³/mol. The largest absolute Gasteiger partial charge is 0.326 e. The summed E-state index contributed by atoms with van der Waals surface area (Å²) in [6, 6.07) is 8.89. The number of aromatic nitrogens is 1. The molecule has 0 spiro atoms. The van der Waals surface area contributed by atoms with E-state index in [0.29, 0.717) is 17.7 Å². The molecule has 0 saturated heterocycles. The van der Waals surface area contributed by atoms with Crippen LogP contribution in [0.3, 0.4) is 0 Å². The van der Waals surface area contributed by atoms with Gasteiger partial charge in [0.2, 0.25) is 5.91 Å². The average Bonchev–Trinajstić information content (AvgIpc) is 2.75. The van der Waals surface area contributed by atoms with Crippen LogP contribution < -0.4 is 5.32 Å². The molecule has 2 aromatic rings. The summed E-state index contributed by atoms with van der Waals surface area (Å²) in [5.74, 6) is -0.0996. The Labute approximate surface area is 109 Å². The first-order valence-corrected chi connectivity index (χ1v) is 6.26. The van der Waals surface area contributed by atoms with Crippen LogP contribution in [0.2, 0.25) is 0 Å². The fourth-order valence-electron chi connectivity index (χ4n) is 1.51. The molecule has 5 heteroatoms. The molecule has 0 aliphatic rings. The first-order valence-electron chi connectivity index (χ1n) is 5.38. The topological polar surface area (TPSA) is 65.8 Å². The molecule has 0 fully saturated rings. The van der Waals surface area contributed by atoms with Crippen molar-refractivity contribution < 1.29 is 4.79 Å². The Morgan fingerprint density at radius 3 is 3.06 bits per heavy atom. The molecule has 0 aliphatic heterocycles. The number of nitriles is 1. The molecule has 2 rings (SSSR count). The first-order chi connectivity index (χ1) is 8.69. The number of benzene rings is 1. The number of nitrogens with one attached hydrogen (secondary N) is 1. The van der Waals surface area contributed by atoms with Gasteiger partial charge in [-0.1, -0.05) is 6.07 Å². The summed E-state index contributed by atoms with van der Waals surface area (Å²) in [6.07, 6.45) is 0.313. The summed E-state index contributed by atoms with van der Waals surface area (Å²) in [7, 11) is 0. The Morgan fingerprint density at radius 1 is 1.56 bits per heavy atom. The van der Waals surface area contributed by atoms with Crippen molar-refractivity contribution in [3.05, 3.63) is 45.9 Å². The Morgan fingerprint density at radius 2 is 2.39 bits per heavy atom. The van der Waals surface area contributed by atoms with Crippen LogP contribution in [0.4, 0.5) is 5.69 Å². The van der Waals surface area contributed by atoms with Crippen LogP contribution in [0, 0.1) is 18.3 Å². The lowest BCUT2D eigenvalue weighted by molar-refractivity contribution is -0.115.